The summed E-state index contributed by atoms with van der Waals surface area (Å²) in [6.07, 6.45) is 0.787. The van der Waals surface area contributed by atoms with E-state index in [4.69, 9.17) is 0 Å². The van der Waals surface area contributed by atoms with Crippen molar-refractivity contribution in [2.75, 3.05) is 0 Å². The first kappa shape index (κ1) is 8.94. The van der Waals surface area contributed by atoms with Crippen LogP contribution >= 0.6 is 0 Å². The second kappa shape index (κ2) is 3.25. The van der Waals surface area contributed by atoms with Gasteiger partial charge in [0.1, 0.15) is 11.7 Å². The minimum absolute atomic E-state index is 0.266. The zero-order valence-corrected chi connectivity index (χ0v) is 7.97. The SMILES string of the molecule is C=C1NC(CC)=Nc2cc(F)ccc21. The normalized spacial score (nSPS) is 14.4. The van der Waals surface area contributed by atoms with Gasteiger partial charge in [-0.1, -0.05) is 13.5 Å². The molecule has 1 aliphatic rings. The number of rotatable bonds is 1. The van der Waals surface area contributed by atoms with Gasteiger partial charge in [-0.2, -0.15) is 0 Å². The van der Waals surface area contributed by atoms with E-state index in [-0.39, 0.29) is 5.82 Å². The van der Waals surface area contributed by atoms with Gasteiger partial charge in [-0.15, -0.1) is 0 Å². The van der Waals surface area contributed by atoms with Crippen LogP contribution in [0.25, 0.3) is 5.70 Å². The highest BCUT2D eigenvalue weighted by molar-refractivity contribution is 5.97. The molecule has 0 fully saturated rings. The monoisotopic (exact) mass is 190 g/mol. The third-order valence-corrected chi connectivity index (χ3v) is 2.17. The van der Waals surface area contributed by atoms with Crippen LogP contribution in [-0.2, 0) is 0 Å². The number of amidine groups is 1. The second-order valence-electron chi connectivity index (χ2n) is 3.18. The van der Waals surface area contributed by atoms with Crippen LogP contribution in [0.4, 0.5) is 10.1 Å². The van der Waals surface area contributed by atoms with Crippen molar-refractivity contribution in [2.24, 2.45) is 4.99 Å². The van der Waals surface area contributed by atoms with Gasteiger partial charge in [-0.25, -0.2) is 9.38 Å². The summed E-state index contributed by atoms with van der Waals surface area (Å²) < 4.78 is 12.9. The number of nitrogens with zero attached hydrogens (tertiary/aromatic N) is 1. The Morgan fingerprint density at radius 2 is 2.29 bits per heavy atom. The molecule has 3 heteroatoms. The van der Waals surface area contributed by atoms with E-state index >= 15 is 0 Å². The van der Waals surface area contributed by atoms with Crippen molar-refractivity contribution in [1.29, 1.82) is 0 Å². The van der Waals surface area contributed by atoms with E-state index < -0.39 is 0 Å². The lowest BCUT2D eigenvalue weighted by atomic mass is 10.1. The standard InChI is InChI=1S/C11H11FN2/c1-3-11-13-7(2)9-5-4-8(12)6-10(9)14-11/h4-6H,2-3H2,1H3,(H,13,14). The number of nitrogens with one attached hydrogen (secondary N) is 1. The molecule has 0 atom stereocenters. The van der Waals surface area contributed by atoms with Crippen molar-refractivity contribution in [3.63, 3.8) is 0 Å². The Bertz CT molecular complexity index is 421. The van der Waals surface area contributed by atoms with Crippen molar-refractivity contribution in [3.8, 4) is 0 Å². The topological polar surface area (TPSA) is 24.4 Å². The predicted molar refractivity (Wildman–Crippen MR) is 56.0 cm³/mol. The van der Waals surface area contributed by atoms with Gasteiger partial charge >= 0.3 is 0 Å². The summed E-state index contributed by atoms with van der Waals surface area (Å²) in [6, 6.07) is 4.53. The van der Waals surface area contributed by atoms with Crippen molar-refractivity contribution in [3.05, 3.63) is 36.2 Å². The smallest absolute Gasteiger partial charge is 0.125 e. The first-order valence-corrected chi connectivity index (χ1v) is 4.54. The Morgan fingerprint density at radius 3 is 3.00 bits per heavy atom. The van der Waals surface area contributed by atoms with Crippen LogP contribution in [0.1, 0.15) is 18.9 Å². The molecule has 1 heterocycles. The molecule has 14 heavy (non-hydrogen) atoms. The quantitative estimate of drug-likeness (QED) is 0.723. The Balaban J connectivity index is 2.55. The van der Waals surface area contributed by atoms with Gasteiger partial charge in [-0.3, -0.25) is 0 Å². The van der Waals surface area contributed by atoms with Gasteiger partial charge < -0.3 is 5.32 Å². The second-order valence-corrected chi connectivity index (χ2v) is 3.18. The summed E-state index contributed by atoms with van der Waals surface area (Å²) in [4.78, 5) is 4.28. The Morgan fingerprint density at radius 1 is 1.50 bits per heavy atom. The molecule has 1 aromatic rings. The van der Waals surface area contributed by atoms with Gasteiger partial charge in [0.2, 0.25) is 0 Å². The van der Waals surface area contributed by atoms with Crippen LogP contribution in [-0.4, -0.2) is 5.84 Å². The maximum Gasteiger partial charge on any atom is 0.125 e. The average molecular weight is 190 g/mol. The first-order valence-electron chi connectivity index (χ1n) is 4.54. The van der Waals surface area contributed by atoms with Gasteiger partial charge in [0.05, 0.1) is 5.69 Å². The molecule has 0 aliphatic carbocycles. The molecule has 0 unspecified atom stereocenters. The summed E-state index contributed by atoms with van der Waals surface area (Å²) in [5, 5.41) is 3.07. The van der Waals surface area contributed by atoms with Crippen molar-refractivity contribution in [1.82, 2.24) is 5.32 Å². The van der Waals surface area contributed by atoms with Gasteiger partial charge in [-0.05, 0) is 12.1 Å². The Labute approximate surface area is 82.2 Å². The van der Waals surface area contributed by atoms with Crippen molar-refractivity contribution < 1.29 is 4.39 Å². The zero-order valence-electron chi connectivity index (χ0n) is 7.97. The molecule has 2 nitrogen and oxygen atoms in total. The number of hydrogen-bond donors (Lipinski definition) is 1. The lowest BCUT2D eigenvalue weighted by molar-refractivity contribution is 0.628. The molecule has 1 aromatic carbocycles. The lowest BCUT2D eigenvalue weighted by Crippen LogP contribution is -2.23. The highest BCUT2D eigenvalue weighted by atomic mass is 19.1. The highest BCUT2D eigenvalue weighted by Gasteiger charge is 2.13. The maximum absolute atomic E-state index is 12.9. The molecule has 0 spiro atoms. The molecule has 72 valence electrons. The first-order chi connectivity index (χ1) is 6.70. The zero-order chi connectivity index (χ0) is 10.1. The summed E-state index contributed by atoms with van der Waals surface area (Å²) >= 11 is 0. The molecule has 1 N–H and O–H groups in total. The molecule has 1 aliphatic heterocycles. The summed E-state index contributed by atoms with van der Waals surface area (Å²) in [7, 11) is 0. The minimum Gasteiger partial charge on any atom is -0.344 e. The van der Waals surface area contributed by atoms with Crippen LogP contribution in [0.15, 0.2) is 29.8 Å². The molecular weight excluding hydrogens is 179 g/mol. The molecule has 0 aromatic heterocycles. The highest BCUT2D eigenvalue weighted by Crippen LogP contribution is 2.28. The Hall–Kier alpha value is -1.64. The van der Waals surface area contributed by atoms with E-state index in [9.17, 15) is 4.39 Å². The molecule has 0 saturated heterocycles. The molecule has 2 rings (SSSR count). The van der Waals surface area contributed by atoms with Crippen molar-refractivity contribution >= 4 is 17.2 Å². The number of fused-ring (bicyclic) bond motifs is 1. The van der Waals surface area contributed by atoms with Crippen molar-refractivity contribution in [2.45, 2.75) is 13.3 Å². The molecule has 0 radical (unpaired) electrons. The fourth-order valence-electron chi connectivity index (χ4n) is 1.43. The fourth-order valence-corrected chi connectivity index (χ4v) is 1.43. The average Bonchev–Trinajstić information content (AvgIpc) is 2.16. The van der Waals surface area contributed by atoms with E-state index in [1.54, 1.807) is 6.07 Å². The van der Waals surface area contributed by atoms with Crippen LogP contribution in [0, 0.1) is 5.82 Å². The van der Waals surface area contributed by atoms with E-state index in [1.165, 1.54) is 12.1 Å². The van der Waals surface area contributed by atoms with Gasteiger partial charge in [0.15, 0.2) is 0 Å². The molecular formula is C11H11FN2. The van der Waals surface area contributed by atoms with Crippen LogP contribution < -0.4 is 5.32 Å². The van der Waals surface area contributed by atoms with Crippen LogP contribution in [0.3, 0.4) is 0 Å². The largest absolute Gasteiger partial charge is 0.344 e. The van der Waals surface area contributed by atoms with E-state index in [1.807, 2.05) is 6.92 Å². The maximum atomic E-state index is 12.9. The van der Waals surface area contributed by atoms with E-state index in [0.717, 1.165) is 23.5 Å². The number of benzene rings is 1. The third kappa shape index (κ3) is 1.41. The summed E-state index contributed by atoms with van der Waals surface area (Å²) in [6.45, 7) is 5.86. The summed E-state index contributed by atoms with van der Waals surface area (Å²) in [5.74, 6) is 0.561. The van der Waals surface area contributed by atoms with E-state index in [2.05, 4.69) is 16.9 Å². The minimum atomic E-state index is -0.266. The number of aliphatic imine (C=N–C) groups is 1. The Kier molecular flexibility index (Phi) is 2.08. The fraction of sp³-hybridized carbons (Fsp3) is 0.182. The lowest BCUT2D eigenvalue weighted by Gasteiger charge is -2.18. The third-order valence-electron chi connectivity index (χ3n) is 2.17. The van der Waals surface area contributed by atoms with Gasteiger partial charge in [0.25, 0.3) is 0 Å². The predicted octanol–water partition coefficient (Wildman–Crippen LogP) is 2.84. The van der Waals surface area contributed by atoms with Gasteiger partial charge in [0, 0.05) is 23.7 Å². The molecule has 0 amide bonds. The molecule has 0 bridgehead atoms. The number of hydrogen-bond acceptors (Lipinski definition) is 2. The van der Waals surface area contributed by atoms with Crippen LogP contribution in [0.2, 0.25) is 0 Å². The summed E-state index contributed by atoms with van der Waals surface area (Å²) in [5.41, 5.74) is 2.31. The van der Waals surface area contributed by atoms with E-state index in [0.29, 0.717) is 5.69 Å². The molecule has 0 saturated carbocycles. The number of halogens is 1. The van der Waals surface area contributed by atoms with Crippen LogP contribution in [0.5, 0.6) is 0 Å².